The Morgan fingerprint density at radius 2 is 2.22 bits per heavy atom. The van der Waals surface area contributed by atoms with Crippen molar-refractivity contribution in [2.24, 2.45) is 0 Å². The van der Waals surface area contributed by atoms with Crippen LogP contribution < -0.4 is 0 Å². The van der Waals surface area contributed by atoms with Crippen LogP contribution in [0.3, 0.4) is 0 Å². The second kappa shape index (κ2) is 6.44. The number of likely N-dealkylation sites (N-methyl/N-ethyl adjacent to an activating group) is 1. The topological polar surface area (TPSA) is 66.8 Å². The number of halogens is 1. The first kappa shape index (κ1) is 16.1. The summed E-state index contributed by atoms with van der Waals surface area (Å²) >= 11 is 4.63. The first-order chi connectivity index (χ1) is 8.28. The van der Waals surface area contributed by atoms with Gasteiger partial charge >= 0.3 is 0 Å². The molecule has 0 aromatic carbocycles. The van der Waals surface area contributed by atoms with E-state index in [1.165, 1.54) is 25.5 Å². The normalized spacial score (nSPS) is 14.1. The predicted molar refractivity (Wildman–Crippen MR) is 74.5 cm³/mol. The third kappa shape index (κ3) is 3.75. The van der Waals surface area contributed by atoms with Crippen molar-refractivity contribution >= 4 is 37.3 Å². The van der Waals surface area contributed by atoms with Gasteiger partial charge in [0.15, 0.2) is 0 Å². The first-order valence-electron chi connectivity index (χ1n) is 5.18. The van der Waals surface area contributed by atoms with Gasteiger partial charge in [-0.25, -0.2) is 8.42 Å². The smallest absolute Gasteiger partial charge is 0.244 e. The molecule has 0 saturated heterocycles. The van der Waals surface area contributed by atoms with Crippen molar-refractivity contribution in [1.82, 2.24) is 4.31 Å². The minimum atomic E-state index is -3.56. The molecule has 1 rings (SSSR count). The van der Waals surface area contributed by atoms with Crippen molar-refractivity contribution in [1.29, 1.82) is 0 Å². The number of aliphatic hydroxyl groups is 1. The summed E-state index contributed by atoms with van der Waals surface area (Å²) in [6.07, 6.45) is -0.836. The molecule has 0 spiro atoms. The van der Waals surface area contributed by atoms with Gasteiger partial charge in [0.1, 0.15) is 0 Å². The van der Waals surface area contributed by atoms with Gasteiger partial charge < -0.3 is 9.84 Å². The van der Waals surface area contributed by atoms with Crippen LogP contribution in [0.4, 0.5) is 0 Å². The molecule has 18 heavy (non-hydrogen) atoms. The maximum atomic E-state index is 12.3. The number of ether oxygens (including phenoxy) is 1. The van der Waals surface area contributed by atoms with Crippen LogP contribution in [0.15, 0.2) is 14.7 Å². The molecule has 1 atom stereocenters. The maximum absolute atomic E-state index is 12.3. The Bertz CT molecular complexity index is 500. The van der Waals surface area contributed by atoms with E-state index in [9.17, 15) is 13.5 Å². The molecule has 0 aliphatic carbocycles. The van der Waals surface area contributed by atoms with Crippen molar-refractivity contribution < 1.29 is 18.3 Å². The number of hydrogen-bond donors (Lipinski definition) is 1. The van der Waals surface area contributed by atoms with Crippen LogP contribution in [0, 0.1) is 6.92 Å². The molecule has 0 radical (unpaired) electrons. The monoisotopic (exact) mass is 357 g/mol. The summed E-state index contributed by atoms with van der Waals surface area (Å²) in [6, 6.07) is 1.58. The van der Waals surface area contributed by atoms with Crippen LogP contribution in [0.25, 0.3) is 0 Å². The summed E-state index contributed by atoms with van der Waals surface area (Å²) < 4.78 is 31.2. The molecule has 0 aliphatic rings. The molecule has 1 aromatic rings. The number of hydrogen-bond acceptors (Lipinski definition) is 5. The molecular formula is C10H16BrNO4S2. The van der Waals surface area contributed by atoms with Gasteiger partial charge in [0, 0.05) is 25.6 Å². The lowest BCUT2D eigenvalue weighted by Gasteiger charge is -2.20. The highest BCUT2D eigenvalue weighted by Gasteiger charge is 2.26. The van der Waals surface area contributed by atoms with E-state index in [1.807, 2.05) is 0 Å². The van der Waals surface area contributed by atoms with Crippen molar-refractivity contribution in [2.75, 3.05) is 27.3 Å². The Hall–Kier alpha value is 0.01000. The van der Waals surface area contributed by atoms with E-state index in [2.05, 4.69) is 15.9 Å². The summed E-state index contributed by atoms with van der Waals surface area (Å²) in [5.41, 5.74) is 0. The minimum absolute atomic E-state index is 0.00305. The van der Waals surface area contributed by atoms with Crippen LogP contribution in [-0.4, -0.2) is 51.2 Å². The summed E-state index contributed by atoms with van der Waals surface area (Å²) in [7, 11) is -0.664. The summed E-state index contributed by atoms with van der Waals surface area (Å²) in [4.78, 5) is 0.987. The summed E-state index contributed by atoms with van der Waals surface area (Å²) in [5.74, 6) is 0. The van der Waals surface area contributed by atoms with E-state index in [0.717, 1.165) is 13.0 Å². The first-order valence-corrected chi connectivity index (χ1v) is 8.23. The van der Waals surface area contributed by atoms with Crippen LogP contribution in [0.5, 0.6) is 0 Å². The molecule has 0 fully saturated rings. The van der Waals surface area contributed by atoms with Gasteiger partial charge in [-0.1, -0.05) is 0 Å². The molecule has 0 aliphatic heterocycles. The average Bonchev–Trinajstić information content (AvgIpc) is 2.58. The van der Waals surface area contributed by atoms with Gasteiger partial charge in [-0.05, 0) is 28.9 Å². The van der Waals surface area contributed by atoms with Crippen LogP contribution in [-0.2, 0) is 14.8 Å². The number of methoxy groups -OCH3 is 1. The number of thiophene rings is 1. The Morgan fingerprint density at radius 3 is 2.67 bits per heavy atom. The Balaban J connectivity index is 2.90. The summed E-state index contributed by atoms with van der Waals surface area (Å²) in [5, 5.41) is 9.57. The lowest BCUT2D eigenvalue weighted by atomic mass is 10.4. The lowest BCUT2D eigenvalue weighted by Crippen LogP contribution is -2.36. The quantitative estimate of drug-likeness (QED) is 0.836. The fourth-order valence-electron chi connectivity index (χ4n) is 1.49. The number of aryl methyl sites for hydroxylation is 1. The van der Waals surface area contributed by atoms with Crippen molar-refractivity contribution in [3.05, 3.63) is 14.7 Å². The number of sulfonamides is 1. The molecule has 1 N–H and O–H groups in total. The van der Waals surface area contributed by atoms with Crippen LogP contribution in [0.2, 0.25) is 0 Å². The van der Waals surface area contributed by atoms with Crippen molar-refractivity contribution in [3.8, 4) is 0 Å². The van der Waals surface area contributed by atoms with Gasteiger partial charge in [-0.3, -0.25) is 0 Å². The Morgan fingerprint density at radius 1 is 1.61 bits per heavy atom. The molecule has 1 aromatic heterocycles. The van der Waals surface area contributed by atoms with Gasteiger partial charge in [0.2, 0.25) is 10.0 Å². The highest BCUT2D eigenvalue weighted by molar-refractivity contribution is 9.11. The Kier molecular flexibility index (Phi) is 5.75. The fourth-order valence-corrected chi connectivity index (χ4v) is 5.08. The SMILES string of the molecule is COCC(O)CN(C)S(=O)(=O)c1cc(Br)sc1C. The fraction of sp³-hybridized carbons (Fsp3) is 0.600. The van der Waals surface area contributed by atoms with E-state index >= 15 is 0 Å². The largest absolute Gasteiger partial charge is 0.389 e. The molecular weight excluding hydrogens is 342 g/mol. The highest BCUT2D eigenvalue weighted by Crippen LogP contribution is 2.31. The van der Waals surface area contributed by atoms with Gasteiger partial charge in [-0.15, -0.1) is 11.3 Å². The van der Waals surface area contributed by atoms with Gasteiger partial charge in [-0.2, -0.15) is 4.31 Å². The third-order valence-corrected chi connectivity index (χ3v) is 5.99. The second-order valence-corrected chi connectivity index (χ2v) is 8.51. The molecule has 104 valence electrons. The van der Waals surface area contributed by atoms with E-state index in [0.29, 0.717) is 0 Å². The number of aliphatic hydroxyl groups excluding tert-OH is 1. The van der Waals surface area contributed by atoms with E-state index in [4.69, 9.17) is 4.74 Å². The van der Waals surface area contributed by atoms with E-state index in [1.54, 1.807) is 13.0 Å². The van der Waals surface area contributed by atoms with Gasteiger partial charge in [0.25, 0.3) is 0 Å². The maximum Gasteiger partial charge on any atom is 0.244 e. The summed E-state index contributed by atoms with van der Waals surface area (Å²) in [6.45, 7) is 1.86. The number of nitrogens with zero attached hydrogens (tertiary/aromatic N) is 1. The zero-order valence-corrected chi connectivity index (χ0v) is 13.6. The zero-order chi connectivity index (χ0) is 13.9. The molecule has 0 bridgehead atoms. The predicted octanol–water partition coefficient (Wildman–Crippen LogP) is 1.45. The Labute approximate surface area is 120 Å². The third-order valence-electron chi connectivity index (χ3n) is 2.36. The van der Waals surface area contributed by atoms with Crippen LogP contribution >= 0.6 is 27.3 Å². The molecule has 1 heterocycles. The van der Waals surface area contributed by atoms with Gasteiger partial charge in [0.05, 0.1) is 21.4 Å². The molecule has 8 heteroatoms. The highest BCUT2D eigenvalue weighted by atomic mass is 79.9. The van der Waals surface area contributed by atoms with E-state index in [-0.39, 0.29) is 18.0 Å². The molecule has 5 nitrogen and oxygen atoms in total. The van der Waals surface area contributed by atoms with E-state index < -0.39 is 16.1 Å². The minimum Gasteiger partial charge on any atom is -0.389 e. The lowest BCUT2D eigenvalue weighted by molar-refractivity contribution is 0.0554. The van der Waals surface area contributed by atoms with Crippen molar-refractivity contribution in [2.45, 2.75) is 17.9 Å². The van der Waals surface area contributed by atoms with Crippen molar-refractivity contribution in [3.63, 3.8) is 0 Å². The average molecular weight is 358 g/mol. The second-order valence-electron chi connectivity index (χ2n) is 3.87. The number of rotatable bonds is 6. The molecule has 1 unspecified atom stereocenters. The molecule has 0 saturated carbocycles. The van der Waals surface area contributed by atoms with Crippen LogP contribution in [0.1, 0.15) is 4.88 Å². The molecule has 0 amide bonds. The zero-order valence-electron chi connectivity index (χ0n) is 10.4. The standard InChI is InChI=1S/C10H16BrNO4S2/c1-7-9(4-10(11)17-7)18(14,15)12(2)5-8(13)6-16-3/h4,8,13H,5-6H2,1-3H3.